The molecule has 244 valence electrons. The fourth-order valence-corrected chi connectivity index (χ4v) is 8.31. The quantitative estimate of drug-likeness (QED) is 0.348. The summed E-state index contributed by atoms with van der Waals surface area (Å²) < 4.78 is 8.27. The monoisotopic (exact) mass is 644 g/mol. The van der Waals surface area contributed by atoms with Crippen molar-refractivity contribution in [3.63, 3.8) is 0 Å². The van der Waals surface area contributed by atoms with Crippen LogP contribution in [-0.4, -0.2) is 86.1 Å². The van der Waals surface area contributed by atoms with E-state index in [2.05, 4.69) is 32.7 Å². The standard InChI is InChI=1S/C36H45ClN6O3/c1-25-38-16-18-40(25)22-26-7-6-17-42(23-26)35(44)32-24-41(19-20-43(32)36(45)46-30-9-3-2-4-10-30)34-31-14-13-29(37)21-28(31)12-11-27-8-5-15-39-33(27)34/h5,8,13-16,18,21,26,30,32,34H,2-4,6-7,9-12,17,19-20,22-24H2,1H3/t26-,32+,34?/m0/s1. The van der Waals surface area contributed by atoms with Crippen LogP contribution in [0.4, 0.5) is 4.79 Å². The summed E-state index contributed by atoms with van der Waals surface area (Å²) in [6.07, 6.45) is 14.2. The number of benzene rings is 1. The molecule has 2 aliphatic heterocycles. The molecule has 4 heterocycles. The maximum atomic E-state index is 14.6. The molecule has 10 heteroatoms. The number of piperazine rings is 1. The molecule has 0 bridgehead atoms. The Balaban J connectivity index is 1.18. The second kappa shape index (κ2) is 13.7. The number of amides is 2. The van der Waals surface area contributed by atoms with Gasteiger partial charge in [0.25, 0.3) is 0 Å². The zero-order valence-corrected chi connectivity index (χ0v) is 27.6. The number of ether oxygens (including phenoxy) is 1. The van der Waals surface area contributed by atoms with Crippen molar-refractivity contribution in [1.29, 1.82) is 0 Å². The van der Waals surface area contributed by atoms with Crippen molar-refractivity contribution in [2.75, 3.05) is 32.7 Å². The van der Waals surface area contributed by atoms with Crippen LogP contribution in [0.15, 0.2) is 48.9 Å². The topological polar surface area (TPSA) is 83.8 Å². The molecule has 4 aliphatic rings. The number of carbonyl (C=O) groups is 2. The predicted molar refractivity (Wildman–Crippen MR) is 177 cm³/mol. The molecule has 2 amide bonds. The molecule has 2 aromatic heterocycles. The van der Waals surface area contributed by atoms with E-state index in [4.69, 9.17) is 21.3 Å². The van der Waals surface area contributed by atoms with Crippen molar-refractivity contribution in [3.8, 4) is 0 Å². The molecule has 1 saturated carbocycles. The summed E-state index contributed by atoms with van der Waals surface area (Å²) in [5.74, 6) is 1.34. The van der Waals surface area contributed by atoms with Crippen LogP contribution >= 0.6 is 11.6 Å². The van der Waals surface area contributed by atoms with Crippen LogP contribution < -0.4 is 0 Å². The average molecular weight is 645 g/mol. The number of likely N-dealkylation sites (tertiary alicyclic amines) is 1. The van der Waals surface area contributed by atoms with Crippen molar-refractivity contribution in [1.82, 2.24) is 29.2 Å². The van der Waals surface area contributed by atoms with Gasteiger partial charge in [-0.1, -0.05) is 30.2 Å². The van der Waals surface area contributed by atoms with Crippen LogP contribution in [0, 0.1) is 12.8 Å². The van der Waals surface area contributed by atoms with E-state index in [1.54, 1.807) is 4.90 Å². The molecule has 2 saturated heterocycles. The number of piperidine rings is 1. The van der Waals surface area contributed by atoms with Crippen molar-refractivity contribution in [2.45, 2.75) is 89.4 Å². The molecule has 3 fully saturated rings. The van der Waals surface area contributed by atoms with Crippen molar-refractivity contribution in [3.05, 3.63) is 82.2 Å². The van der Waals surface area contributed by atoms with E-state index in [1.807, 2.05) is 42.5 Å². The molecule has 3 aromatic rings. The molecule has 1 aromatic carbocycles. The van der Waals surface area contributed by atoms with E-state index in [-0.39, 0.29) is 24.1 Å². The molecule has 1 unspecified atom stereocenters. The number of aromatic nitrogens is 3. The number of hydrogen-bond donors (Lipinski definition) is 0. The highest BCUT2D eigenvalue weighted by molar-refractivity contribution is 6.30. The Morgan fingerprint density at radius 2 is 1.78 bits per heavy atom. The van der Waals surface area contributed by atoms with E-state index >= 15 is 0 Å². The summed E-state index contributed by atoms with van der Waals surface area (Å²) >= 11 is 6.48. The first-order valence-corrected chi connectivity index (χ1v) is 17.5. The zero-order chi connectivity index (χ0) is 31.6. The fourth-order valence-electron chi connectivity index (χ4n) is 8.11. The summed E-state index contributed by atoms with van der Waals surface area (Å²) in [6.45, 7) is 5.70. The van der Waals surface area contributed by atoms with E-state index < -0.39 is 6.04 Å². The number of rotatable bonds is 5. The van der Waals surface area contributed by atoms with Gasteiger partial charge in [-0.25, -0.2) is 9.78 Å². The van der Waals surface area contributed by atoms with E-state index in [1.165, 1.54) is 23.1 Å². The van der Waals surface area contributed by atoms with E-state index in [9.17, 15) is 9.59 Å². The number of imidazole rings is 1. The molecular weight excluding hydrogens is 600 g/mol. The van der Waals surface area contributed by atoms with Gasteiger partial charge in [0.1, 0.15) is 18.0 Å². The molecule has 3 atom stereocenters. The SMILES string of the molecule is Cc1nccn1C[C@@H]1CCCN(C(=O)[C@H]2CN(C3c4ccc(Cl)cc4CCc4cccnc43)CCN2C(=O)OC2CCCCC2)C1. The summed E-state index contributed by atoms with van der Waals surface area (Å²) in [7, 11) is 0. The molecule has 9 nitrogen and oxygen atoms in total. The van der Waals surface area contributed by atoms with Gasteiger partial charge in [0.05, 0.1) is 11.7 Å². The maximum Gasteiger partial charge on any atom is 0.410 e. The Bertz CT molecular complexity index is 1550. The van der Waals surface area contributed by atoms with Gasteiger partial charge < -0.3 is 14.2 Å². The number of pyridine rings is 1. The van der Waals surface area contributed by atoms with Crippen molar-refractivity contribution >= 4 is 23.6 Å². The number of fused-ring (bicyclic) bond motifs is 2. The van der Waals surface area contributed by atoms with Gasteiger partial charge >= 0.3 is 6.09 Å². The molecular formula is C36H45ClN6O3. The van der Waals surface area contributed by atoms with Crippen LogP contribution in [0.5, 0.6) is 0 Å². The fraction of sp³-hybridized carbons (Fsp3) is 0.556. The number of nitrogens with zero attached hydrogens (tertiary/aromatic N) is 6. The highest BCUT2D eigenvalue weighted by Crippen LogP contribution is 2.38. The van der Waals surface area contributed by atoms with Crippen molar-refractivity contribution in [2.24, 2.45) is 5.92 Å². The lowest BCUT2D eigenvalue weighted by Gasteiger charge is -2.45. The second-order valence-electron chi connectivity index (χ2n) is 13.6. The Morgan fingerprint density at radius 1 is 0.935 bits per heavy atom. The maximum absolute atomic E-state index is 14.6. The number of carbonyl (C=O) groups excluding carboxylic acids is 2. The molecule has 0 N–H and O–H groups in total. The number of hydrogen-bond acceptors (Lipinski definition) is 6. The van der Waals surface area contributed by atoms with Gasteiger partial charge in [-0.3, -0.25) is 19.6 Å². The normalized spacial score (nSPS) is 24.2. The Morgan fingerprint density at radius 3 is 2.61 bits per heavy atom. The van der Waals surface area contributed by atoms with Gasteiger partial charge in [-0.15, -0.1) is 0 Å². The summed E-state index contributed by atoms with van der Waals surface area (Å²) in [5.41, 5.74) is 4.64. The van der Waals surface area contributed by atoms with Crippen molar-refractivity contribution < 1.29 is 14.3 Å². The highest BCUT2D eigenvalue weighted by Gasteiger charge is 2.43. The van der Waals surface area contributed by atoms with Crippen LogP contribution in [0.3, 0.4) is 0 Å². The third kappa shape index (κ3) is 6.54. The lowest BCUT2D eigenvalue weighted by molar-refractivity contribution is -0.141. The van der Waals surface area contributed by atoms with Crippen LogP contribution in [0.1, 0.15) is 79.2 Å². The Kier molecular flexibility index (Phi) is 9.31. The summed E-state index contributed by atoms with van der Waals surface area (Å²) in [5, 5.41) is 0.727. The lowest BCUT2D eigenvalue weighted by Crippen LogP contribution is -2.62. The first-order valence-electron chi connectivity index (χ1n) is 17.1. The summed E-state index contributed by atoms with van der Waals surface area (Å²) in [4.78, 5) is 43.8. The van der Waals surface area contributed by atoms with Gasteiger partial charge in [-0.05, 0) is 99.1 Å². The lowest BCUT2D eigenvalue weighted by atomic mass is 9.94. The van der Waals surface area contributed by atoms with Gasteiger partial charge in [0, 0.05) is 62.9 Å². The third-order valence-corrected chi connectivity index (χ3v) is 10.8. The minimum absolute atomic E-state index is 0.0172. The largest absolute Gasteiger partial charge is 0.446 e. The predicted octanol–water partition coefficient (Wildman–Crippen LogP) is 5.82. The average Bonchev–Trinajstić information content (AvgIpc) is 3.40. The van der Waals surface area contributed by atoms with Crippen LogP contribution in [0.25, 0.3) is 0 Å². The molecule has 7 rings (SSSR count). The van der Waals surface area contributed by atoms with Gasteiger partial charge in [0.2, 0.25) is 5.91 Å². The van der Waals surface area contributed by atoms with E-state index in [0.29, 0.717) is 38.6 Å². The molecule has 46 heavy (non-hydrogen) atoms. The molecule has 0 spiro atoms. The first-order chi connectivity index (χ1) is 22.4. The number of aryl methyl sites for hydroxylation is 3. The first kappa shape index (κ1) is 31.2. The Labute approximate surface area is 276 Å². The minimum atomic E-state index is -0.635. The zero-order valence-electron chi connectivity index (χ0n) is 26.8. The van der Waals surface area contributed by atoms with E-state index in [0.717, 1.165) is 74.5 Å². The van der Waals surface area contributed by atoms with Crippen LogP contribution in [-0.2, 0) is 28.9 Å². The molecule has 2 aliphatic carbocycles. The van der Waals surface area contributed by atoms with Gasteiger partial charge in [-0.2, -0.15) is 0 Å². The summed E-state index contributed by atoms with van der Waals surface area (Å²) in [6, 6.07) is 9.56. The third-order valence-electron chi connectivity index (χ3n) is 10.6. The van der Waals surface area contributed by atoms with Gasteiger partial charge in [0.15, 0.2) is 0 Å². The van der Waals surface area contributed by atoms with Crippen LogP contribution in [0.2, 0.25) is 5.02 Å². The smallest absolute Gasteiger partial charge is 0.410 e. The second-order valence-corrected chi connectivity index (χ2v) is 14.0. The Hall–Kier alpha value is -3.43. The minimum Gasteiger partial charge on any atom is -0.446 e. The highest BCUT2D eigenvalue weighted by atomic mass is 35.5. The molecule has 0 radical (unpaired) electrons. The number of halogens is 1.